The van der Waals surface area contributed by atoms with Gasteiger partial charge < -0.3 is 13.9 Å². The first-order valence-corrected chi connectivity index (χ1v) is 11.1. The van der Waals surface area contributed by atoms with E-state index in [0.717, 1.165) is 0 Å². The van der Waals surface area contributed by atoms with Crippen LogP contribution in [0.15, 0.2) is 28.0 Å². The molecule has 1 aliphatic heterocycles. The van der Waals surface area contributed by atoms with Gasteiger partial charge in [-0.15, -0.1) is 10.2 Å². The minimum atomic E-state index is -3.03. The summed E-state index contributed by atoms with van der Waals surface area (Å²) in [5, 5.41) is 8.48. The van der Waals surface area contributed by atoms with Gasteiger partial charge in [-0.3, -0.25) is 4.79 Å². The van der Waals surface area contributed by atoms with Crippen molar-refractivity contribution in [1.29, 1.82) is 0 Å². The standard InChI is InChI=1S/C16H22N4O4S2/c1-4-20(12-7-9-26(22,23)10-12)15(21)11(2)25-16-18-17-14(19(16)3)13-6-5-8-24-13/h5-6,8,11-12H,4,7,9-10H2,1-3H3/t11-,12-/m1/s1. The van der Waals surface area contributed by atoms with Crippen LogP contribution in [0.2, 0.25) is 0 Å². The van der Waals surface area contributed by atoms with Gasteiger partial charge in [0.2, 0.25) is 5.91 Å². The van der Waals surface area contributed by atoms with Crippen LogP contribution in [0.5, 0.6) is 0 Å². The van der Waals surface area contributed by atoms with Gasteiger partial charge in [-0.2, -0.15) is 0 Å². The highest BCUT2D eigenvalue weighted by molar-refractivity contribution is 8.00. The monoisotopic (exact) mass is 398 g/mol. The molecule has 3 heterocycles. The van der Waals surface area contributed by atoms with Crippen molar-refractivity contribution in [2.45, 2.75) is 36.7 Å². The number of carbonyl (C=O) groups is 1. The molecule has 1 aliphatic rings. The topological polar surface area (TPSA) is 98.3 Å². The van der Waals surface area contributed by atoms with E-state index in [-0.39, 0.29) is 23.5 Å². The Morgan fingerprint density at radius 3 is 2.85 bits per heavy atom. The van der Waals surface area contributed by atoms with E-state index in [1.54, 1.807) is 34.8 Å². The van der Waals surface area contributed by atoms with Crippen LogP contribution >= 0.6 is 11.8 Å². The zero-order valence-electron chi connectivity index (χ0n) is 15.0. The second-order valence-electron chi connectivity index (χ2n) is 6.28. The van der Waals surface area contributed by atoms with Crippen molar-refractivity contribution in [3.63, 3.8) is 0 Å². The number of aromatic nitrogens is 3. The maximum atomic E-state index is 12.9. The second kappa shape index (κ2) is 7.43. The molecule has 0 N–H and O–H groups in total. The van der Waals surface area contributed by atoms with Crippen LogP contribution in [-0.4, -0.2) is 63.3 Å². The number of furan rings is 1. The molecular formula is C16H22N4O4S2. The molecule has 0 saturated carbocycles. The Kier molecular flexibility index (Phi) is 5.42. The second-order valence-corrected chi connectivity index (χ2v) is 9.82. The number of amides is 1. The lowest BCUT2D eigenvalue weighted by Gasteiger charge is -2.29. The highest BCUT2D eigenvalue weighted by atomic mass is 32.2. The summed E-state index contributed by atoms with van der Waals surface area (Å²) >= 11 is 1.31. The summed E-state index contributed by atoms with van der Waals surface area (Å²) < 4.78 is 30.6. The summed E-state index contributed by atoms with van der Waals surface area (Å²) in [6.45, 7) is 4.16. The maximum Gasteiger partial charge on any atom is 0.236 e. The third kappa shape index (κ3) is 3.80. The molecular weight excluding hydrogens is 376 g/mol. The van der Waals surface area contributed by atoms with Crippen LogP contribution in [0.4, 0.5) is 0 Å². The highest BCUT2D eigenvalue weighted by Gasteiger charge is 2.35. The van der Waals surface area contributed by atoms with Crippen LogP contribution in [0.1, 0.15) is 20.3 Å². The van der Waals surface area contributed by atoms with Gasteiger partial charge in [0.15, 0.2) is 26.6 Å². The highest BCUT2D eigenvalue weighted by Crippen LogP contribution is 2.28. The van der Waals surface area contributed by atoms with Gasteiger partial charge in [0.05, 0.1) is 23.0 Å². The van der Waals surface area contributed by atoms with Crippen molar-refractivity contribution in [3.05, 3.63) is 18.4 Å². The summed E-state index contributed by atoms with van der Waals surface area (Å²) in [5.74, 6) is 1.32. The number of hydrogen-bond acceptors (Lipinski definition) is 7. The molecule has 1 fully saturated rings. The average Bonchev–Trinajstić information content (AvgIpc) is 3.30. The Hall–Kier alpha value is -1.81. The predicted molar refractivity (Wildman–Crippen MR) is 98.5 cm³/mol. The number of rotatable bonds is 6. The Labute approximate surface area is 156 Å². The summed E-state index contributed by atoms with van der Waals surface area (Å²) in [5.41, 5.74) is 0. The van der Waals surface area contributed by atoms with Crippen LogP contribution in [0.25, 0.3) is 11.6 Å². The SMILES string of the molecule is CCN(C(=O)[C@@H](C)Sc1nnc(-c2ccco2)n1C)[C@@H]1CCS(=O)(=O)C1. The lowest BCUT2D eigenvalue weighted by atomic mass is 10.2. The zero-order valence-corrected chi connectivity index (χ0v) is 16.6. The van der Waals surface area contributed by atoms with Crippen LogP contribution in [0.3, 0.4) is 0 Å². The Morgan fingerprint density at radius 1 is 1.50 bits per heavy atom. The van der Waals surface area contributed by atoms with E-state index in [9.17, 15) is 13.2 Å². The lowest BCUT2D eigenvalue weighted by Crippen LogP contribution is -2.44. The van der Waals surface area contributed by atoms with Gasteiger partial charge >= 0.3 is 0 Å². The molecule has 3 rings (SSSR count). The molecule has 2 aromatic rings. The first-order valence-electron chi connectivity index (χ1n) is 8.43. The van der Waals surface area contributed by atoms with Gasteiger partial charge in [0.25, 0.3) is 0 Å². The third-order valence-corrected chi connectivity index (χ3v) is 7.35. The lowest BCUT2D eigenvalue weighted by molar-refractivity contribution is -0.131. The number of sulfone groups is 1. The predicted octanol–water partition coefficient (Wildman–Crippen LogP) is 1.59. The summed E-state index contributed by atoms with van der Waals surface area (Å²) in [6.07, 6.45) is 2.07. The van der Waals surface area contributed by atoms with Crippen molar-refractivity contribution in [3.8, 4) is 11.6 Å². The van der Waals surface area contributed by atoms with E-state index in [1.807, 2.05) is 14.0 Å². The van der Waals surface area contributed by atoms with Gasteiger partial charge in [0.1, 0.15) is 0 Å². The largest absolute Gasteiger partial charge is 0.461 e. The van der Waals surface area contributed by atoms with Crippen LogP contribution in [0, 0.1) is 0 Å². The average molecular weight is 399 g/mol. The van der Waals surface area contributed by atoms with Gasteiger partial charge in [-0.1, -0.05) is 11.8 Å². The molecule has 1 amide bonds. The molecule has 2 aromatic heterocycles. The zero-order chi connectivity index (χ0) is 18.9. The Balaban J connectivity index is 1.71. The van der Waals surface area contributed by atoms with Crippen LogP contribution in [-0.2, 0) is 21.7 Å². The number of hydrogen-bond donors (Lipinski definition) is 0. The van der Waals surface area contributed by atoms with E-state index in [0.29, 0.717) is 29.7 Å². The number of carbonyl (C=O) groups excluding carboxylic acids is 1. The molecule has 142 valence electrons. The summed E-state index contributed by atoms with van der Waals surface area (Å²) in [4.78, 5) is 14.5. The maximum absolute atomic E-state index is 12.9. The quantitative estimate of drug-likeness (QED) is 0.682. The fraction of sp³-hybridized carbons (Fsp3) is 0.562. The van der Waals surface area contributed by atoms with Crippen molar-refractivity contribution in [2.75, 3.05) is 18.1 Å². The number of thioether (sulfide) groups is 1. The Morgan fingerprint density at radius 2 is 2.27 bits per heavy atom. The summed E-state index contributed by atoms with van der Waals surface area (Å²) in [6, 6.07) is 3.34. The molecule has 0 spiro atoms. The molecule has 26 heavy (non-hydrogen) atoms. The van der Waals surface area contributed by atoms with Gasteiger partial charge in [0, 0.05) is 19.6 Å². The molecule has 1 saturated heterocycles. The van der Waals surface area contributed by atoms with Gasteiger partial charge in [-0.25, -0.2) is 8.42 Å². The first-order chi connectivity index (χ1) is 12.3. The molecule has 0 unspecified atom stereocenters. The number of nitrogens with zero attached hydrogens (tertiary/aromatic N) is 4. The van der Waals surface area contributed by atoms with E-state index in [4.69, 9.17) is 4.42 Å². The van der Waals surface area contributed by atoms with Crippen LogP contribution < -0.4 is 0 Å². The molecule has 0 radical (unpaired) electrons. The third-order valence-electron chi connectivity index (χ3n) is 4.48. The van der Waals surface area contributed by atoms with Crippen molar-refractivity contribution in [2.24, 2.45) is 7.05 Å². The van der Waals surface area contributed by atoms with E-state index in [2.05, 4.69) is 10.2 Å². The van der Waals surface area contributed by atoms with E-state index in [1.165, 1.54) is 11.8 Å². The molecule has 0 aliphatic carbocycles. The molecule has 0 bridgehead atoms. The molecule has 10 heteroatoms. The first kappa shape index (κ1) is 19.0. The Bertz CT molecular complexity index is 876. The molecule has 0 aromatic carbocycles. The minimum Gasteiger partial charge on any atom is -0.461 e. The van der Waals surface area contributed by atoms with Crippen molar-refractivity contribution < 1.29 is 17.6 Å². The fourth-order valence-electron chi connectivity index (χ4n) is 3.10. The molecule has 2 atom stereocenters. The normalized spacial score (nSPS) is 20.2. The van der Waals surface area contributed by atoms with Crippen molar-refractivity contribution >= 4 is 27.5 Å². The minimum absolute atomic E-state index is 0.0522. The fourth-order valence-corrected chi connectivity index (χ4v) is 5.71. The van der Waals surface area contributed by atoms with E-state index < -0.39 is 15.1 Å². The van der Waals surface area contributed by atoms with Crippen molar-refractivity contribution in [1.82, 2.24) is 19.7 Å². The summed E-state index contributed by atoms with van der Waals surface area (Å²) in [7, 11) is -1.22. The van der Waals surface area contributed by atoms with Gasteiger partial charge in [-0.05, 0) is 32.4 Å². The smallest absolute Gasteiger partial charge is 0.236 e. The van der Waals surface area contributed by atoms with E-state index >= 15 is 0 Å². The molecule has 8 nitrogen and oxygen atoms in total.